The van der Waals surface area contributed by atoms with Crippen molar-refractivity contribution in [1.82, 2.24) is 5.43 Å². The summed E-state index contributed by atoms with van der Waals surface area (Å²) >= 11 is 3.38. The highest BCUT2D eigenvalue weighted by atomic mass is 79.9. The van der Waals surface area contributed by atoms with Crippen LogP contribution in [0.1, 0.15) is 0 Å². The Morgan fingerprint density at radius 1 is 1.60 bits per heavy atom. The Labute approximate surface area is 67.0 Å². The van der Waals surface area contributed by atoms with Gasteiger partial charge in [0.2, 0.25) is 0 Å². The number of hydrogen-bond acceptors (Lipinski definition) is 3. The third kappa shape index (κ3) is 0.883. The Bertz CT molecular complexity index is 231. The quantitative estimate of drug-likeness (QED) is 0.632. The van der Waals surface area contributed by atoms with Crippen molar-refractivity contribution >= 4 is 15.9 Å². The molecule has 0 bridgehead atoms. The van der Waals surface area contributed by atoms with Gasteiger partial charge in [-0.05, 0) is 12.2 Å². The lowest BCUT2D eigenvalue weighted by molar-refractivity contribution is 0.658. The van der Waals surface area contributed by atoms with Crippen LogP contribution in [0.3, 0.4) is 0 Å². The van der Waals surface area contributed by atoms with Crippen molar-refractivity contribution in [3.05, 3.63) is 22.7 Å². The minimum absolute atomic E-state index is 0.210. The summed E-state index contributed by atoms with van der Waals surface area (Å²) in [6.07, 6.45) is 6.08. The van der Waals surface area contributed by atoms with E-state index in [4.69, 9.17) is 0 Å². The Kier molecular flexibility index (Phi) is 1.34. The zero-order valence-electron chi connectivity index (χ0n) is 5.16. The van der Waals surface area contributed by atoms with Crippen molar-refractivity contribution in [1.29, 1.82) is 0 Å². The molecule has 10 heavy (non-hydrogen) atoms. The van der Waals surface area contributed by atoms with Gasteiger partial charge in [-0.15, -0.1) is 0 Å². The monoisotopic (exact) mass is 199 g/mol. The fraction of sp³-hybridized carbons (Fsp3) is 0.333. The van der Waals surface area contributed by atoms with Gasteiger partial charge in [-0.2, -0.15) is 5.11 Å². The van der Waals surface area contributed by atoms with Gasteiger partial charge >= 0.3 is 0 Å². The summed E-state index contributed by atoms with van der Waals surface area (Å²) in [6, 6.07) is 0.473. The van der Waals surface area contributed by atoms with Crippen LogP contribution in [0.4, 0.5) is 0 Å². The van der Waals surface area contributed by atoms with Crippen molar-refractivity contribution in [3.63, 3.8) is 0 Å². The van der Waals surface area contributed by atoms with Crippen LogP contribution in [0.2, 0.25) is 0 Å². The predicted octanol–water partition coefficient (Wildman–Crippen LogP) is 1.54. The summed E-state index contributed by atoms with van der Waals surface area (Å²) in [5, 5.41) is 7.67. The first-order valence-corrected chi connectivity index (χ1v) is 3.86. The zero-order valence-corrected chi connectivity index (χ0v) is 6.75. The minimum atomic E-state index is 0.210. The second-order valence-electron chi connectivity index (χ2n) is 2.27. The van der Waals surface area contributed by atoms with Gasteiger partial charge in [0.05, 0.1) is 6.04 Å². The molecule has 1 N–H and O–H groups in total. The minimum Gasteiger partial charge on any atom is -0.282 e. The molecule has 1 aliphatic heterocycles. The van der Waals surface area contributed by atoms with Crippen molar-refractivity contribution in [2.24, 2.45) is 10.3 Å². The van der Waals surface area contributed by atoms with Crippen molar-refractivity contribution in [2.75, 3.05) is 0 Å². The lowest BCUT2D eigenvalue weighted by atomic mass is 10.1. The Balaban J connectivity index is 2.25. The van der Waals surface area contributed by atoms with Crippen molar-refractivity contribution in [2.45, 2.75) is 12.1 Å². The van der Waals surface area contributed by atoms with Crippen LogP contribution in [0.25, 0.3) is 0 Å². The van der Waals surface area contributed by atoms with E-state index in [0.717, 1.165) is 4.48 Å². The van der Waals surface area contributed by atoms with E-state index >= 15 is 0 Å². The van der Waals surface area contributed by atoms with Crippen LogP contribution in [0.5, 0.6) is 0 Å². The lowest BCUT2D eigenvalue weighted by Gasteiger charge is -2.12. The van der Waals surface area contributed by atoms with Gasteiger partial charge in [0.15, 0.2) is 0 Å². The predicted molar refractivity (Wildman–Crippen MR) is 41.7 cm³/mol. The summed E-state index contributed by atoms with van der Waals surface area (Å²) in [6.45, 7) is 0. The van der Waals surface area contributed by atoms with Gasteiger partial charge in [0.1, 0.15) is 6.04 Å². The number of nitrogens with one attached hydrogen (secondary N) is 1. The molecule has 0 saturated heterocycles. The van der Waals surface area contributed by atoms with E-state index in [0.29, 0.717) is 0 Å². The maximum absolute atomic E-state index is 3.95. The number of rotatable bonds is 0. The Hall–Kier alpha value is -0.640. The molecule has 4 heteroatoms. The van der Waals surface area contributed by atoms with E-state index in [9.17, 15) is 0 Å². The average molecular weight is 200 g/mol. The molecule has 52 valence electrons. The van der Waals surface area contributed by atoms with E-state index < -0.39 is 0 Å². The van der Waals surface area contributed by atoms with E-state index in [1.165, 1.54) is 0 Å². The van der Waals surface area contributed by atoms with Gasteiger partial charge in [0, 0.05) is 4.48 Å². The number of halogens is 1. The van der Waals surface area contributed by atoms with E-state index in [1.807, 2.05) is 12.2 Å². The second-order valence-corrected chi connectivity index (χ2v) is 3.19. The molecule has 0 amide bonds. The molecule has 2 aliphatic rings. The number of hydrogen-bond donors (Lipinski definition) is 1. The van der Waals surface area contributed by atoms with Gasteiger partial charge < -0.3 is 0 Å². The molecule has 0 aromatic heterocycles. The normalized spacial score (nSPS) is 35.1. The van der Waals surface area contributed by atoms with Gasteiger partial charge in [-0.25, -0.2) is 0 Å². The molecular formula is C6H6BrN3. The molecule has 2 rings (SSSR count). The molecule has 2 unspecified atom stereocenters. The average Bonchev–Trinajstić information content (AvgIpc) is 2.33. The molecular weight excluding hydrogens is 194 g/mol. The molecule has 0 saturated carbocycles. The summed E-state index contributed by atoms with van der Waals surface area (Å²) in [5.74, 6) is 0. The summed E-state index contributed by atoms with van der Waals surface area (Å²) in [5.41, 5.74) is 2.89. The molecule has 0 fully saturated rings. The standard InChI is InChI=1S/C6H6BrN3/c7-4-1-2-5-6(3-4)9-10-8-5/h1-3,5-6H,(H,8,9). The number of allylic oxidation sites excluding steroid dienone is 2. The lowest BCUT2D eigenvalue weighted by Crippen LogP contribution is -2.28. The highest BCUT2D eigenvalue weighted by Crippen LogP contribution is 2.20. The van der Waals surface area contributed by atoms with E-state index in [1.54, 1.807) is 0 Å². The maximum Gasteiger partial charge on any atom is 0.117 e. The highest BCUT2D eigenvalue weighted by molar-refractivity contribution is 9.11. The third-order valence-electron chi connectivity index (χ3n) is 1.56. The largest absolute Gasteiger partial charge is 0.282 e. The maximum atomic E-state index is 3.95. The topological polar surface area (TPSA) is 36.8 Å². The van der Waals surface area contributed by atoms with Gasteiger partial charge in [-0.1, -0.05) is 27.2 Å². The van der Waals surface area contributed by atoms with Gasteiger partial charge in [-0.3, -0.25) is 5.43 Å². The van der Waals surface area contributed by atoms with Crippen LogP contribution in [0.15, 0.2) is 33.0 Å². The van der Waals surface area contributed by atoms with Crippen LogP contribution in [-0.2, 0) is 0 Å². The van der Waals surface area contributed by atoms with E-state index in [2.05, 4.69) is 37.8 Å². The van der Waals surface area contributed by atoms with Crippen molar-refractivity contribution < 1.29 is 0 Å². The molecule has 0 aromatic carbocycles. The molecule has 1 aliphatic carbocycles. The molecule has 1 heterocycles. The van der Waals surface area contributed by atoms with Crippen molar-refractivity contribution in [3.8, 4) is 0 Å². The Morgan fingerprint density at radius 2 is 2.50 bits per heavy atom. The third-order valence-corrected chi connectivity index (χ3v) is 2.09. The van der Waals surface area contributed by atoms with E-state index in [-0.39, 0.29) is 12.1 Å². The SMILES string of the molecule is BrC1=CC2NN=NC2C=C1. The fourth-order valence-electron chi connectivity index (χ4n) is 1.03. The van der Waals surface area contributed by atoms with Gasteiger partial charge in [0.25, 0.3) is 0 Å². The van der Waals surface area contributed by atoms with Crippen LogP contribution >= 0.6 is 15.9 Å². The first kappa shape index (κ1) is 6.09. The zero-order chi connectivity index (χ0) is 6.97. The smallest absolute Gasteiger partial charge is 0.117 e. The number of nitrogens with zero attached hydrogens (tertiary/aromatic N) is 2. The van der Waals surface area contributed by atoms with Crippen LogP contribution < -0.4 is 5.43 Å². The molecule has 3 nitrogen and oxygen atoms in total. The summed E-state index contributed by atoms with van der Waals surface area (Å²) < 4.78 is 1.09. The highest BCUT2D eigenvalue weighted by Gasteiger charge is 2.23. The summed E-state index contributed by atoms with van der Waals surface area (Å²) in [7, 11) is 0. The molecule has 0 spiro atoms. The molecule has 0 aromatic rings. The Morgan fingerprint density at radius 3 is 3.40 bits per heavy atom. The summed E-state index contributed by atoms with van der Waals surface area (Å²) in [4.78, 5) is 0. The van der Waals surface area contributed by atoms with Crippen LogP contribution in [0, 0.1) is 0 Å². The number of fused-ring (bicyclic) bond motifs is 1. The first-order chi connectivity index (χ1) is 4.86. The molecule has 0 radical (unpaired) electrons. The first-order valence-electron chi connectivity index (χ1n) is 3.07. The second kappa shape index (κ2) is 2.20. The molecule has 2 atom stereocenters. The fourth-order valence-corrected chi connectivity index (χ4v) is 1.46. The van der Waals surface area contributed by atoms with Crippen LogP contribution in [-0.4, -0.2) is 12.1 Å².